The predicted molar refractivity (Wildman–Crippen MR) is 385 cm³/mol. The molecular formula is C73H108NO28S3+. The Balaban J connectivity index is 1.41. The van der Waals surface area contributed by atoms with Crippen LogP contribution in [0.25, 0.3) is 0 Å². The number of carbonyl (C=O) groups is 1. The maximum absolute atomic E-state index is 12.9. The Bertz CT molecular complexity index is 3620. The Kier molecular flexibility index (Phi) is 40.1. The normalized spacial score (nSPS) is 18.6. The number of benzene rings is 3. The molecule has 6 rings (SSSR count). The molecular weight excluding hydrogens is 1430 g/mol. The second-order valence-electron chi connectivity index (χ2n) is 24.9. The minimum Gasteiger partial charge on any atom is -0.481 e. The van der Waals surface area contributed by atoms with Crippen LogP contribution in [-0.4, -0.2) is 280 Å². The van der Waals surface area contributed by atoms with E-state index in [0.29, 0.717) is 154 Å². The predicted octanol–water partition coefficient (Wildman–Crippen LogP) is 7.56. The van der Waals surface area contributed by atoms with Crippen molar-refractivity contribution in [3.63, 3.8) is 0 Å². The van der Waals surface area contributed by atoms with Crippen LogP contribution < -0.4 is 4.74 Å². The summed E-state index contributed by atoms with van der Waals surface area (Å²) in [6.07, 6.45) is 10.5. The third-order valence-corrected chi connectivity index (χ3v) is 20.2. The number of allylic oxidation sites excluding steroid dienone is 7. The summed E-state index contributed by atoms with van der Waals surface area (Å²) in [6.45, 7) is 13.3. The summed E-state index contributed by atoms with van der Waals surface area (Å²) >= 11 is 0. The van der Waals surface area contributed by atoms with Gasteiger partial charge in [0, 0.05) is 70.2 Å². The SMILES string of the molecule is COCCOCCOCCOCC[N+]1=C(/C=C/C2=C(Oc3ccc(S(=O)(=O)O)cc3)C(=C/C=C3/C(CCOCCOCCOCCOCCC(=O)O)c4ccc(S(=O)(=O)O)cc4C3(C)CCOCCOCCOCCOC)/CCC2)C(C)(CCOCCOCCOCCOC)c2cc(S(=O)(=O)O)ccc21. The molecule has 32 heteroatoms. The van der Waals surface area contributed by atoms with E-state index in [-0.39, 0.29) is 138 Å². The monoisotopic (exact) mass is 1540 g/mol. The maximum atomic E-state index is 12.9. The van der Waals surface area contributed by atoms with Gasteiger partial charge in [0.25, 0.3) is 30.4 Å². The lowest BCUT2D eigenvalue weighted by Crippen LogP contribution is -2.33. The summed E-state index contributed by atoms with van der Waals surface area (Å²) in [5.74, 6) is -0.640. The average Bonchev–Trinajstić information content (AvgIpc) is 1.59. The third-order valence-electron chi connectivity index (χ3n) is 17.6. The highest BCUT2D eigenvalue weighted by Crippen LogP contribution is 2.54. The van der Waals surface area contributed by atoms with Gasteiger partial charge in [-0.2, -0.15) is 29.8 Å². The number of rotatable bonds is 59. The van der Waals surface area contributed by atoms with Crippen molar-refractivity contribution in [2.75, 3.05) is 219 Å². The quantitative estimate of drug-likeness (QED) is 0.0240. The van der Waals surface area contributed by atoms with E-state index >= 15 is 0 Å². The maximum Gasteiger partial charge on any atom is 0.305 e. The van der Waals surface area contributed by atoms with Crippen LogP contribution in [0.2, 0.25) is 0 Å². The van der Waals surface area contributed by atoms with Gasteiger partial charge in [0.1, 0.15) is 18.1 Å². The Hall–Kier alpha value is -5.35. The lowest BCUT2D eigenvalue weighted by Gasteiger charge is -2.30. The number of methoxy groups -OCH3 is 3. The number of carboxylic acids is 1. The fraction of sp³-hybridized carbons (Fsp3) is 0.616. The molecule has 0 spiro atoms. The van der Waals surface area contributed by atoms with E-state index in [0.717, 1.165) is 28.0 Å². The second kappa shape index (κ2) is 47.6. The zero-order valence-electron chi connectivity index (χ0n) is 61.1. The van der Waals surface area contributed by atoms with Crippen LogP contribution in [0.1, 0.15) is 81.4 Å². The van der Waals surface area contributed by atoms with Crippen LogP contribution in [-0.2, 0) is 122 Å². The van der Waals surface area contributed by atoms with E-state index in [9.17, 15) is 43.7 Å². The summed E-state index contributed by atoms with van der Waals surface area (Å²) in [6, 6.07) is 14.5. The van der Waals surface area contributed by atoms with Gasteiger partial charge in [0.2, 0.25) is 5.69 Å². The number of aliphatic carboxylic acids is 1. The van der Waals surface area contributed by atoms with Crippen LogP contribution >= 0.6 is 0 Å². The van der Waals surface area contributed by atoms with Gasteiger partial charge in [0.05, 0.1) is 192 Å². The van der Waals surface area contributed by atoms with Crippen molar-refractivity contribution in [3.05, 3.63) is 124 Å². The van der Waals surface area contributed by atoms with Crippen molar-refractivity contribution in [2.24, 2.45) is 0 Å². The van der Waals surface area contributed by atoms with Gasteiger partial charge < -0.3 is 85.6 Å². The van der Waals surface area contributed by atoms with Gasteiger partial charge in [-0.15, -0.1) is 0 Å². The van der Waals surface area contributed by atoms with E-state index in [1.807, 2.05) is 38.2 Å². The molecule has 2 aliphatic carbocycles. The standard InChI is InChI=1S/C73H107NO28S3/c1-72(23-28-91-39-44-99-50-47-94-34-31-86-3)65(64(63-17-15-61(55-66(63)72)104(80,81)82)21-26-89-37-42-97-53-54-98-43-38-90-27-22-70(75)76)18-9-57-7-6-8-58(71(57)102-59-11-13-60(14-12-59)103(77,78)79)10-20-69-73(2,24-29-92-40-45-100-51-48-95-35-32-87-4)67-56-62(105(83,84)85)16-19-68(67)74(69)25-30-93-41-46-101-52-49-96-36-33-88-5/h9-20,55-56,64H,6-8,21-54H2,1-5H3,(H3-,75,76,77,78,79,80,81,82,83,84,85)/p+1/b20-10+,57-9+,65-18-. The first kappa shape index (κ1) is 88.6. The molecule has 590 valence electrons. The smallest absolute Gasteiger partial charge is 0.305 e. The van der Waals surface area contributed by atoms with Crippen molar-refractivity contribution in [2.45, 2.75) is 90.2 Å². The van der Waals surface area contributed by atoms with Gasteiger partial charge in [0.15, 0.2) is 12.3 Å². The van der Waals surface area contributed by atoms with Crippen molar-refractivity contribution in [1.29, 1.82) is 0 Å². The lowest BCUT2D eigenvalue weighted by molar-refractivity contribution is -0.442. The number of ether oxygens (including phenoxy) is 17. The first-order chi connectivity index (χ1) is 50.6. The van der Waals surface area contributed by atoms with E-state index in [2.05, 4.69) is 4.58 Å². The summed E-state index contributed by atoms with van der Waals surface area (Å²) in [7, 11) is -9.16. The zero-order chi connectivity index (χ0) is 75.8. The Morgan fingerprint density at radius 3 is 1.34 bits per heavy atom. The highest BCUT2D eigenvalue weighted by molar-refractivity contribution is 7.86. The molecule has 3 aliphatic rings. The molecule has 0 saturated carbocycles. The third kappa shape index (κ3) is 30.2. The molecule has 0 saturated heterocycles. The fourth-order valence-electron chi connectivity index (χ4n) is 12.2. The summed E-state index contributed by atoms with van der Waals surface area (Å²) in [5, 5.41) is 8.83. The number of carboxylic acid groups (broad SMARTS) is 1. The number of hydrogen-bond donors (Lipinski definition) is 4. The molecule has 4 N–H and O–H groups in total. The van der Waals surface area contributed by atoms with E-state index in [1.165, 1.54) is 48.5 Å². The molecule has 29 nitrogen and oxygen atoms in total. The minimum atomic E-state index is -4.68. The van der Waals surface area contributed by atoms with E-state index < -0.39 is 47.2 Å². The van der Waals surface area contributed by atoms with E-state index in [1.54, 1.807) is 33.5 Å². The highest BCUT2D eigenvalue weighted by atomic mass is 32.2. The van der Waals surface area contributed by atoms with E-state index in [4.69, 9.17) is 85.6 Å². The largest absolute Gasteiger partial charge is 0.481 e. The number of fused-ring (bicyclic) bond motifs is 2. The van der Waals surface area contributed by atoms with Gasteiger partial charge in [-0.25, -0.2) is 0 Å². The molecule has 3 aromatic rings. The van der Waals surface area contributed by atoms with Crippen LogP contribution in [0.15, 0.2) is 122 Å². The zero-order valence-corrected chi connectivity index (χ0v) is 63.5. The molecule has 3 aromatic carbocycles. The van der Waals surface area contributed by atoms with Crippen molar-refractivity contribution in [3.8, 4) is 5.75 Å². The molecule has 3 atom stereocenters. The summed E-state index contributed by atoms with van der Waals surface area (Å²) in [5.41, 5.74) is 3.93. The van der Waals surface area contributed by atoms with Gasteiger partial charge >= 0.3 is 5.97 Å². The van der Waals surface area contributed by atoms with Crippen LogP contribution in [0.5, 0.6) is 5.75 Å². The Morgan fingerprint density at radius 2 is 0.876 bits per heavy atom. The molecule has 0 bridgehead atoms. The molecule has 0 fully saturated rings. The van der Waals surface area contributed by atoms with Crippen LogP contribution in [0.3, 0.4) is 0 Å². The highest BCUT2D eigenvalue weighted by Gasteiger charge is 2.49. The van der Waals surface area contributed by atoms with Crippen molar-refractivity contribution in [1.82, 2.24) is 0 Å². The first-order valence-electron chi connectivity index (χ1n) is 35.2. The molecule has 0 radical (unpaired) electrons. The topological polar surface area (TPSA) is 360 Å². The number of nitrogens with zero attached hydrogens (tertiary/aromatic N) is 1. The molecule has 0 aromatic heterocycles. The first-order valence-corrected chi connectivity index (χ1v) is 39.5. The minimum absolute atomic E-state index is 0.0891. The molecule has 105 heavy (non-hydrogen) atoms. The number of hydrogen-bond acceptors (Lipinski definition) is 24. The van der Waals surface area contributed by atoms with Crippen molar-refractivity contribution >= 4 is 47.7 Å². The van der Waals surface area contributed by atoms with Crippen LogP contribution in [0, 0.1) is 0 Å². The van der Waals surface area contributed by atoms with Gasteiger partial charge in [-0.05, 0) is 122 Å². The summed E-state index contributed by atoms with van der Waals surface area (Å²) < 4.78 is 207. The van der Waals surface area contributed by atoms with Gasteiger partial charge in [-0.3, -0.25) is 18.5 Å². The molecule has 0 amide bonds. The Morgan fingerprint density at radius 1 is 0.467 bits per heavy atom. The van der Waals surface area contributed by atoms with Crippen molar-refractivity contribution < 1.29 is 134 Å². The molecule has 3 unspecified atom stereocenters. The molecule has 1 aliphatic heterocycles. The average molecular weight is 1540 g/mol. The Labute approximate surface area is 618 Å². The van der Waals surface area contributed by atoms with Crippen LogP contribution in [0.4, 0.5) is 5.69 Å². The second-order valence-corrected chi connectivity index (χ2v) is 29.2. The lowest BCUT2D eigenvalue weighted by atomic mass is 9.75. The summed E-state index contributed by atoms with van der Waals surface area (Å²) in [4.78, 5) is 9.84. The fourth-order valence-corrected chi connectivity index (χ4v) is 13.7. The van der Waals surface area contributed by atoms with Gasteiger partial charge in [-0.1, -0.05) is 30.7 Å². The molecule has 1 heterocycles.